The van der Waals surface area contributed by atoms with Gasteiger partial charge < -0.3 is 5.32 Å². The summed E-state index contributed by atoms with van der Waals surface area (Å²) in [5, 5.41) is 3.10. The van der Waals surface area contributed by atoms with Crippen LogP contribution >= 0.6 is 23.2 Å². The molecule has 2 aromatic rings. The number of carbonyl (C=O) groups is 1. The highest BCUT2D eigenvalue weighted by Gasteiger charge is 2.29. The lowest BCUT2D eigenvalue weighted by Gasteiger charge is -2.26. The zero-order valence-corrected chi connectivity index (χ0v) is 17.6. The van der Waals surface area contributed by atoms with Gasteiger partial charge in [-0.1, -0.05) is 61.3 Å². The van der Waals surface area contributed by atoms with Crippen molar-refractivity contribution in [1.82, 2.24) is 5.32 Å². The molecule has 2 aromatic carbocycles. The van der Waals surface area contributed by atoms with Gasteiger partial charge in [-0.05, 0) is 37.1 Å². The molecule has 0 fully saturated rings. The van der Waals surface area contributed by atoms with E-state index in [1.807, 2.05) is 20.8 Å². The van der Waals surface area contributed by atoms with E-state index in [9.17, 15) is 13.2 Å². The minimum atomic E-state index is -4.02. The molecule has 0 aromatic heterocycles. The van der Waals surface area contributed by atoms with E-state index in [4.69, 9.17) is 23.2 Å². The van der Waals surface area contributed by atoms with Crippen LogP contribution < -0.4 is 9.62 Å². The quantitative estimate of drug-likeness (QED) is 0.712. The number of nitrogens with zero attached hydrogens (tertiary/aromatic N) is 1. The highest BCUT2D eigenvalue weighted by atomic mass is 35.5. The highest BCUT2D eigenvalue weighted by Crippen LogP contribution is 2.35. The third kappa shape index (κ3) is 5.15. The lowest BCUT2D eigenvalue weighted by Crippen LogP contribution is -2.45. The van der Waals surface area contributed by atoms with Crippen molar-refractivity contribution >= 4 is 44.8 Å². The van der Waals surface area contributed by atoms with E-state index in [0.29, 0.717) is 0 Å². The van der Waals surface area contributed by atoms with E-state index in [0.717, 1.165) is 4.31 Å². The second-order valence-electron chi connectivity index (χ2n) is 6.50. The Morgan fingerprint density at radius 2 is 1.67 bits per heavy atom. The molecule has 146 valence electrons. The SMILES string of the molecule is CC(C)[C@H](C)NC(=O)CN(c1cccc(Cl)c1Cl)S(=O)(=O)c1ccccc1. The third-order valence-corrected chi connectivity index (χ3v) is 6.79. The fraction of sp³-hybridized carbons (Fsp3) is 0.316. The number of halogens is 2. The predicted molar refractivity (Wildman–Crippen MR) is 110 cm³/mol. The lowest BCUT2D eigenvalue weighted by atomic mass is 10.1. The van der Waals surface area contributed by atoms with Gasteiger partial charge in [0.25, 0.3) is 10.0 Å². The molecule has 0 radical (unpaired) electrons. The molecule has 0 aliphatic heterocycles. The smallest absolute Gasteiger partial charge is 0.264 e. The van der Waals surface area contributed by atoms with Crippen molar-refractivity contribution in [3.63, 3.8) is 0 Å². The van der Waals surface area contributed by atoms with Crippen LogP contribution in [0.4, 0.5) is 5.69 Å². The molecule has 5 nitrogen and oxygen atoms in total. The number of sulfonamides is 1. The summed E-state index contributed by atoms with van der Waals surface area (Å²) in [7, 11) is -4.02. The highest BCUT2D eigenvalue weighted by molar-refractivity contribution is 7.92. The summed E-state index contributed by atoms with van der Waals surface area (Å²) in [5.74, 6) is -0.213. The second kappa shape index (κ2) is 8.95. The number of anilines is 1. The summed E-state index contributed by atoms with van der Waals surface area (Å²) >= 11 is 12.3. The monoisotopic (exact) mass is 428 g/mol. The summed E-state index contributed by atoms with van der Waals surface area (Å²) < 4.78 is 27.4. The number of amides is 1. The Kier molecular flexibility index (Phi) is 7.14. The van der Waals surface area contributed by atoms with Gasteiger partial charge in [0.15, 0.2) is 0 Å². The van der Waals surface area contributed by atoms with Crippen LogP contribution in [0.1, 0.15) is 20.8 Å². The molecule has 27 heavy (non-hydrogen) atoms. The fourth-order valence-electron chi connectivity index (χ4n) is 2.30. The van der Waals surface area contributed by atoms with Gasteiger partial charge in [0.05, 0.1) is 20.6 Å². The van der Waals surface area contributed by atoms with E-state index in [1.54, 1.807) is 30.3 Å². The Morgan fingerprint density at radius 1 is 1.04 bits per heavy atom. The van der Waals surface area contributed by atoms with Crippen LogP contribution in [0.2, 0.25) is 10.0 Å². The van der Waals surface area contributed by atoms with E-state index in [2.05, 4.69) is 5.32 Å². The molecule has 2 rings (SSSR count). The molecule has 0 saturated heterocycles. The van der Waals surface area contributed by atoms with Crippen LogP contribution in [-0.2, 0) is 14.8 Å². The molecule has 0 aliphatic carbocycles. The maximum atomic E-state index is 13.2. The van der Waals surface area contributed by atoms with Crippen LogP contribution in [0.5, 0.6) is 0 Å². The Morgan fingerprint density at radius 3 is 2.26 bits per heavy atom. The number of hydrogen-bond donors (Lipinski definition) is 1. The van der Waals surface area contributed by atoms with Gasteiger partial charge in [-0.25, -0.2) is 8.42 Å². The van der Waals surface area contributed by atoms with Crippen molar-refractivity contribution in [2.45, 2.75) is 31.7 Å². The fourth-order valence-corrected chi connectivity index (χ4v) is 4.20. The summed E-state index contributed by atoms with van der Waals surface area (Å²) in [6.45, 7) is 5.40. The van der Waals surface area contributed by atoms with Crippen molar-refractivity contribution < 1.29 is 13.2 Å². The van der Waals surface area contributed by atoms with Crippen molar-refractivity contribution in [2.24, 2.45) is 5.92 Å². The molecule has 8 heteroatoms. The van der Waals surface area contributed by atoms with E-state index >= 15 is 0 Å². The second-order valence-corrected chi connectivity index (χ2v) is 9.15. The van der Waals surface area contributed by atoms with Gasteiger partial charge in [0, 0.05) is 6.04 Å². The number of rotatable bonds is 7. The maximum Gasteiger partial charge on any atom is 0.264 e. The Hall–Kier alpha value is -1.76. The average molecular weight is 429 g/mol. The topological polar surface area (TPSA) is 66.5 Å². The van der Waals surface area contributed by atoms with E-state index in [-0.39, 0.29) is 32.6 Å². The van der Waals surface area contributed by atoms with Gasteiger partial charge >= 0.3 is 0 Å². The van der Waals surface area contributed by atoms with Gasteiger partial charge in [-0.15, -0.1) is 0 Å². The van der Waals surface area contributed by atoms with E-state index < -0.39 is 22.5 Å². The van der Waals surface area contributed by atoms with Crippen LogP contribution in [0.25, 0.3) is 0 Å². The van der Waals surface area contributed by atoms with Crippen LogP contribution in [0.15, 0.2) is 53.4 Å². The summed E-state index contributed by atoms with van der Waals surface area (Å²) in [5.41, 5.74) is 0.153. The Labute approximate surface area is 170 Å². The Balaban J connectivity index is 2.47. The summed E-state index contributed by atoms with van der Waals surface area (Å²) in [6.07, 6.45) is 0. The molecule has 1 atom stereocenters. The zero-order chi connectivity index (χ0) is 20.2. The standard InChI is InChI=1S/C19H22Cl2N2O3S/c1-13(2)14(3)22-18(24)12-23(17-11-7-10-16(20)19(17)21)27(25,26)15-8-5-4-6-9-15/h4-11,13-14H,12H2,1-3H3,(H,22,24)/t14-/m0/s1. The number of hydrogen-bond acceptors (Lipinski definition) is 3. The number of benzene rings is 2. The minimum Gasteiger partial charge on any atom is -0.352 e. The van der Waals surface area contributed by atoms with Gasteiger partial charge in [0.2, 0.25) is 5.91 Å². The van der Waals surface area contributed by atoms with Crippen LogP contribution in [0, 0.1) is 5.92 Å². The van der Waals surface area contributed by atoms with Gasteiger partial charge in [0.1, 0.15) is 6.54 Å². The molecule has 0 heterocycles. The first-order chi connectivity index (χ1) is 12.6. The zero-order valence-electron chi connectivity index (χ0n) is 15.3. The first-order valence-electron chi connectivity index (χ1n) is 8.45. The van der Waals surface area contributed by atoms with Gasteiger partial charge in [-0.3, -0.25) is 9.10 Å². The maximum absolute atomic E-state index is 13.2. The number of carbonyl (C=O) groups excluding carboxylic acids is 1. The molecule has 0 aliphatic rings. The molecule has 0 saturated carbocycles. The minimum absolute atomic E-state index is 0.0609. The lowest BCUT2D eigenvalue weighted by molar-refractivity contribution is -0.120. The number of nitrogens with one attached hydrogen (secondary N) is 1. The summed E-state index contributed by atoms with van der Waals surface area (Å²) in [4.78, 5) is 12.6. The van der Waals surface area contributed by atoms with Crippen molar-refractivity contribution in [1.29, 1.82) is 0 Å². The third-order valence-electron chi connectivity index (χ3n) is 4.21. The van der Waals surface area contributed by atoms with Crippen LogP contribution in [0.3, 0.4) is 0 Å². The molecular formula is C19H22Cl2N2O3S. The molecule has 0 spiro atoms. The largest absolute Gasteiger partial charge is 0.352 e. The van der Waals surface area contributed by atoms with Gasteiger partial charge in [-0.2, -0.15) is 0 Å². The van der Waals surface area contributed by atoms with E-state index in [1.165, 1.54) is 18.2 Å². The predicted octanol–water partition coefficient (Wildman–Crippen LogP) is 4.35. The molecular weight excluding hydrogens is 407 g/mol. The van der Waals surface area contributed by atoms with Crippen LogP contribution in [-0.4, -0.2) is 26.9 Å². The average Bonchev–Trinajstić information content (AvgIpc) is 2.63. The molecule has 1 amide bonds. The molecule has 1 N–H and O–H groups in total. The Bertz CT molecular complexity index is 902. The van der Waals surface area contributed by atoms with Crippen molar-refractivity contribution in [2.75, 3.05) is 10.8 Å². The molecule has 0 bridgehead atoms. The van der Waals surface area contributed by atoms with Crippen molar-refractivity contribution in [3.05, 3.63) is 58.6 Å². The van der Waals surface area contributed by atoms with Crippen molar-refractivity contribution in [3.8, 4) is 0 Å². The normalized spacial score (nSPS) is 12.7. The summed E-state index contributed by atoms with van der Waals surface area (Å²) in [6, 6.07) is 12.4. The first kappa shape index (κ1) is 21.5. The molecule has 0 unspecified atom stereocenters. The first-order valence-corrected chi connectivity index (χ1v) is 10.7.